The highest BCUT2D eigenvalue weighted by Crippen LogP contribution is 2.15. The number of amides is 2. The third kappa shape index (κ3) is 9.45. The Morgan fingerprint density at radius 2 is 1.80 bits per heavy atom. The van der Waals surface area contributed by atoms with Crippen molar-refractivity contribution in [2.75, 3.05) is 40.3 Å². The molecule has 7 heteroatoms. The average molecular weight is 415 g/mol. The van der Waals surface area contributed by atoms with Gasteiger partial charge in [-0.2, -0.15) is 0 Å². The van der Waals surface area contributed by atoms with Crippen LogP contribution in [0.3, 0.4) is 0 Å². The summed E-state index contributed by atoms with van der Waals surface area (Å²) < 4.78 is 6.61. The molecule has 6 nitrogen and oxygen atoms in total. The van der Waals surface area contributed by atoms with Crippen molar-refractivity contribution in [1.29, 1.82) is 0 Å². The van der Waals surface area contributed by atoms with Crippen molar-refractivity contribution in [1.82, 2.24) is 10.2 Å². The highest BCUT2D eigenvalue weighted by molar-refractivity contribution is 9.10. The van der Waals surface area contributed by atoms with Crippen LogP contribution in [0.1, 0.15) is 20.8 Å². The van der Waals surface area contributed by atoms with Crippen molar-refractivity contribution >= 4 is 27.7 Å². The molecule has 0 aliphatic carbocycles. The molecule has 1 unspecified atom stereocenters. The van der Waals surface area contributed by atoms with Gasteiger partial charge in [-0.25, -0.2) is 0 Å². The minimum atomic E-state index is -0.261. The monoisotopic (exact) mass is 414 g/mol. The Morgan fingerprint density at radius 3 is 2.36 bits per heavy atom. The number of nitrogens with one attached hydrogen (secondary N) is 2. The fourth-order valence-electron chi connectivity index (χ4n) is 2.15. The number of carbonyl (C=O) groups excluding carboxylic acids is 2. The third-order valence-corrected chi connectivity index (χ3v) is 3.89. The summed E-state index contributed by atoms with van der Waals surface area (Å²) in [4.78, 5) is 26.6. The topological polar surface area (TPSA) is 63.1 Å². The van der Waals surface area contributed by atoms with Gasteiger partial charge in [-0.1, -0.05) is 15.9 Å². The zero-order valence-electron chi connectivity index (χ0n) is 15.7. The zero-order chi connectivity index (χ0) is 19.0. The molecule has 25 heavy (non-hydrogen) atoms. The van der Waals surface area contributed by atoms with Crippen LogP contribution in [0, 0.1) is 0 Å². The van der Waals surface area contributed by atoms with Crippen LogP contribution in [0.4, 0.5) is 0 Å². The van der Waals surface area contributed by atoms with Crippen molar-refractivity contribution in [2.45, 2.75) is 26.3 Å². The lowest BCUT2D eigenvalue weighted by Gasteiger charge is -2.23. The second-order valence-corrected chi connectivity index (χ2v) is 8.14. The average Bonchev–Trinajstić information content (AvgIpc) is 2.46. The van der Waals surface area contributed by atoms with Crippen LogP contribution in [0.15, 0.2) is 28.7 Å². The quantitative estimate of drug-likeness (QED) is 0.658. The number of halogens is 1. The van der Waals surface area contributed by atoms with Crippen LogP contribution in [0.2, 0.25) is 0 Å². The van der Waals surface area contributed by atoms with Gasteiger partial charge >= 0.3 is 0 Å². The maximum Gasteiger partial charge on any atom is 0.277 e. The highest BCUT2D eigenvalue weighted by atomic mass is 79.9. The first-order chi connectivity index (χ1) is 11.6. The minimum absolute atomic E-state index is 0.0135. The Kier molecular flexibility index (Phi) is 8.38. The third-order valence-electron chi connectivity index (χ3n) is 3.36. The number of rotatable bonds is 8. The van der Waals surface area contributed by atoms with Crippen LogP contribution in [-0.4, -0.2) is 62.6 Å². The molecule has 0 fully saturated rings. The maximum absolute atomic E-state index is 12.2. The summed E-state index contributed by atoms with van der Waals surface area (Å²) in [5, 5.41) is 2.90. The molecular formula is C18H29BrN3O3+. The van der Waals surface area contributed by atoms with E-state index < -0.39 is 0 Å². The molecule has 0 spiro atoms. The van der Waals surface area contributed by atoms with E-state index in [1.807, 2.05) is 52.1 Å². The van der Waals surface area contributed by atoms with Gasteiger partial charge in [-0.15, -0.1) is 0 Å². The first-order valence-electron chi connectivity index (χ1n) is 8.31. The molecule has 0 saturated heterocycles. The number of likely N-dealkylation sites (N-methyl/N-ethyl adjacent to an activating group) is 2. The predicted molar refractivity (Wildman–Crippen MR) is 102 cm³/mol. The van der Waals surface area contributed by atoms with Crippen LogP contribution in [0.25, 0.3) is 0 Å². The molecule has 0 radical (unpaired) electrons. The number of ether oxygens (including phenoxy) is 1. The van der Waals surface area contributed by atoms with Gasteiger partial charge in [0, 0.05) is 17.1 Å². The van der Waals surface area contributed by atoms with Gasteiger partial charge in [0.2, 0.25) is 0 Å². The van der Waals surface area contributed by atoms with Gasteiger partial charge in [0.05, 0.1) is 13.6 Å². The molecule has 1 rings (SSSR count). The van der Waals surface area contributed by atoms with Gasteiger partial charge in [-0.3, -0.25) is 9.59 Å². The Balaban J connectivity index is 2.30. The molecule has 140 valence electrons. The lowest BCUT2D eigenvalue weighted by atomic mass is 10.1. The highest BCUT2D eigenvalue weighted by Gasteiger charge is 2.20. The van der Waals surface area contributed by atoms with Crippen molar-refractivity contribution in [3.63, 3.8) is 0 Å². The van der Waals surface area contributed by atoms with Gasteiger partial charge < -0.3 is 19.9 Å². The van der Waals surface area contributed by atoms with Crippen LogP contribution in [-0.2, 0) is 9.59 Å². The van der Waals surface area contributed by atoms with Crippen LogP contribution >= 0.6 is 15.9 Å². The Hall–Kier alpha value is -1.60. The molecule has 0 heterocycles. The molecule has 1 aromatic carbocycles. The summed E-state index contributed by atoms with van der Waals surface area (Å²) in [6.07, 6.45) is 0. The summed E-state index contributed by atoms with van der Waals surface area (Å²) in [5.41, 5.74) is -0.261. The van der Waals surface area contributed by atoms with Crippen molar-refractivity contribution in [3.8, 4) is 5.75 Å². The van der Waals surface area contributed by atoms with E-state index >= 15 is 0 Å². The minimum Gasteiger partial charge on any atom is -0.492 e. The summed E-state index contributed by atoms with van der Waals surface area (Å²) in [6.45, 7) is 7.27. The fourth-order valence-corrected chi connectivity index (χ4v) is 2.41. The smallest absolute Gasteiger partial charge is 0.277 e. The number of quaternary nitrogens is 1. The molecule has 2 N–H and O–H groups in total. The van der Waals surface area contributed by atoms with E-state index in [0.29, 0.717) is 13.2 Å². The molecule has 1 atom stereocenters. The molecule has 0 bridgehead atoms. The van der Waals surface area contributed by atoms with Gasteiger partial charge in [0.1, 0.15) is 12.4 Å². The number of carbonyl (C=O) groups is 2. The molecule has 0 saturated carbocycles. The summed E-state index contributed by atoms with van der Waals surface area (Å²) in [5.74, 6) is 0.699. The van der Waals surface area contributed by atoms with Gasteiger partial charge in [0.25, 0.3) is 11.8 Å². The van der Waals surface area contributed by atoms with Gasteiger partial charge in [-0.05, 0) is 45.0 Å². The maximum atomic E-state index is 12.2. The molecule has 0 aliphatic rings. The van der Waals surface area contributed by atoms with Gasteiger partial charge in [0.15, 0.2) is 13.1 Å². The number of benzene rings is 1. The van der Waals surface area contributed by atoms with Crippen LogP contribution < -0.4 is 15.0 Å². The van der Waals surface area contributed by atoms with Crippen molar-refractivity contribution in [2.24, 2.45) is 0 Å². The van der Waals surface area contributed by atoms with E-state index in [1.165, 1.54) is 0 Å². The SMILES string of the molecule is CN(CCOc1ccc(Br)cc1)C(=O)C[NH+](C)CC(=O)NC(C)(C)C. The van der Waals surface area contributed by atoms with E-state index in [1.54, 1.807) is 11.9 Å². The second kappa shape index (κ2) is 9.77. The Labute approximate surface area is 158 Å². The lowest BCUT2D eigenvalue weighted by molar-refractivity contribution is -0.863. The molecule has 1 aromatic rings. The summed E-state index contributed by atoms with van der Waals surface area (Å²) >= 11 is 3.37. The number of nitrogens with zero attached hydrogens (tertiary/aromatic N) is 1. The molecule has 0 aliphatic heterocycles. The first kappa shape index (κ1) is 21.4. The first-order valence-corrected chi connectivity index (χ1v) is 9.11. The van der Waals surface area contributed by atoms with Crippen molar-refractivity contribution < 1.29 is 19.2 Å². The van der Waals surface area contributed by atoms with E-state index in [-0.39, 0.29) is 30.4 Å². The zero-order valence-corrected chi connectivity index (χ0v) is 17.3. The largest absolute Gasteiger partial charge is 0.492 e. The molecule has 0 aromatic heterocycles. The standard InChI is InChI=1S/C18H28BrN3O3/c1-18(2,3)20-16(23)12-21(4)13-17(24)22(5)10-11-25-15-8-6-14(19)7-9-15/h6-9H,10-13H2,1-5H3,(H,20,23)/p+1. The van der Waals surface area contributed by atoms with E-state index in [2.05, 4.69) is 21.2 Å². The number of hydrogen-bond donors (Lipinski definition) is 2. The number of hydrogen-bond acceptors (Lipinski definition) is 3. The Bertz CT molecular complexity index is 570. The predicted octanol–water partition coefficient (Wildman–Crippen LogP) is 0.716. The van der Waals surface area contributed by atoms with E-state index in [9.17, 15) is 9.59 Å². The summed E-state index contributed by atoms with van der Waals surface area (Å²) in [7, 11) is 3.59. The molecular weight excluding hydrogens is 386 g/mol. The van der Waals surface area contributed by atoms with E-state index in [0.717, 1.165) is 15.1 Å². The lowest BCUT2D eigenvalue weighted by Crippen LogP contribution is -3.11. The van der Waals surface area contributed by atoms with E-state index in [4.69, 9.17) is 4.74 Å². The molecule has 2 amide bonds. The van der Waals surface area contributed by atoms with Crippen molar-refractivity contribution in [3.05, 3.63) is 28.7 Å². The second-order valence-electron chi connectivity index (χ2n) is 7.23. The Morgan fingerprint density at radius 1 is 1.20 bits per heavy atom. The fraction of sp³-hybridized carbons (Fsp3) is 0.556. The normalized spacial score (nSPS) is 12.4. The summed E-state index contributed by atoms with van der Waals surface area (Å²) in [6, 6.07) is 7.56. The van der Waals surface area contributed by atoms with Crippen LogP contribution in [0.5, 0.6) is 5.75 Å².